The highest BCUT2D eigenvalue weighted by molar-refractivity contribution is 6.29. The summed E-state index contributed by atoms with van der Waals surface area (Å²) >= 11 is 6.24. The number of imidazole rings is 2. The van der Waals surface area contributed by atoms with Crippen molar-refractivity contribution in [2.24, 2.45) is 11.8 Å². The number of halogens is 1. The lowest BCUT2D eigenvalue weighted by atomic mass is 9.98. The van der Waals surface area contributed by atoms with Gasteiger partial charge in [-0.15, -0.1) is 5.10 Å². The zero-order valence-electron chi connectivity index (χ0n) is 38.5. The summed E-state index contributed by atoms with van der Waals surface area (Å²) in [6.45, 7) is 11.5. The van der Waals surface area contributed by atoms with Crippen LogP contribution in [0.15, 0.2) is 85.2 Å². The van der Waals surface area contributed by atoms with Gasteiger partial charge in [0.25, 0.3) is 0 Å². The van der Waals surface area contributed by atoms with Crippen molar-refractivity contribution in [2.75, 3.05) is 30.8 Å². The van der Waals surface area contributed by atoms with Crippen LogP contribution in [-0.2, 0) is 0 Å². The van der Waals surface area contributed by atoms with E-state index >= 15 is 0 Å². The van der Waals surface area contributed by atoms with Crippen molar-refractivity contribution in [3.63, 3.8) is 0 Å². The van der Waals surface area contributed by atoms with E-state index < -0.39 is 11.2 Å². The van der Waals surface area contributed by atoms with E-state index in [1.54, 1.807) is 68.4 Å². The fourth-order valence-electron chi connectivity index (χ4n) is 7.64. The minimum absolute atomic E-state index is 0.205. The smallest absolute Gasteiger partial charge is 0.239 e. The van der Waals surface area contributed by atoms with E-state index in [0.717, 1.165) is 63.4 Å². The maximum absolute atomic E-state index is 12.7. The molecule has 4 heterocycles. The Morgan fingerprint density at radius 1 is 0.682 bits per heavy atom. The summed E-state index contributed by atoms with van der Waals surface area (Å²) in [7, 11) is 1.61. The van der Waals surface area contributed by atoms with Crippen molar-refractivity contribution in [1.29, 1.82) is 0 Å². The minimum Gasteiger partial charge on any atom is -0.497 e. The van der Waals surface area contributed by atoms with Crippen molar-refractivity contribution in [2.45, 2.75) is 91.3 Å². The van der Waals surface area contributed by atoms with E-state index in [-0.39, 0.29) is 11.6 Å². The highest BCUT2D eigenvalue weighted by Gasteiger charge is 2.27. The molecule has 0 aliphatic heterocycles. The Bertz CT molecular complexity index is 2910. The molecule has 66 heavy (non-hydrogen) atoms. The van der Waals surface area contributed by atoms with Gasteiger partial charge < -0.3 is 30.3 Å². The van der Waals surface area contributed by atoms with Gasteiger partial charge in [-0.25, -0.2) is 19.0 Å². The molecule has 0 spiro atoms. The lowest BCUT2D eigenvalue weighted by Gasteiger charge is -2.19. The average Bonchev–Trinajstić information content (AvgIpc) is 4.18. The number of fused-ring (bicyclic) bond motifs is 2. The summed E-state index contributed by atoms with van der Waals surface area (Å²) in [6, 6.07) is 22.4. The predicted molar refractivity (Wildman–Crippen MR) is 257 cm³/mol. The van der Waals surface area contributed by atoms with Crippen LogP contribution < -0.4 is 20.1 Å². The van der Waals surface area contributed by atoms with Gasteiger partial charge in [-0.1, -0.05) is 35.9 Å². The third-order valence-corrected chi connectivity index (χ3v) is 11.8. The number of hydrogen-bond donors (Lipinski definition) is 4. The van der Waals surface area contributed by atoms with E-state index in [9.17, 15) is 19.8 Å². The van der Waals surface area contributed by atoms with Crippen LogP contribution in [0.1, 0.15) is 98.1 Å². The highest BCUT2D eigenvalue weighted by Crippen LogP contribution is 2.36. The van der Waals surface area contributed by atoms with Crippen molar-refractivity contribution >= 4 is 45.8 Å². The number of hydrogen-bond acceptors (Lipinski definition) is 12. The van der Waals surface area contributed by atoms with Gasteiger partial charge in [0.2, 0.25) is 5.88 Å². The molecular formula is C51H57ClN8O6. The molecule has 9 rings (SSSR count). The third kappa shape index (κ3) is 11.4. The van der Waals surface area contributed by atoms with Gasteiger partial charge in [-0.05, 0) is 127 Å². The van der Waals surface area contributed by atoms with E-state index in [1.165, 1.54) is 12.8 Å². The molecule has 3 aromatic carbocycles. The fourth-order valence-corrected chi connectivity index (χ4v) is 7.82. The van der Waals surface area contributed by atoms with Crippen molar-refractivity contribution in [1.82, 2.24) is 29.2 Å². The van der Waals surface area contributed by atoms with Crippen molar-refractivity contribution in [3.05, 3.63) is 113 Å². The quantitative estimate of drug-likeness (QED) is 0.0637. The first-order chi connectivity index (χ1) is 31.4. The predicted octanol–water partition coefficient (Wildman–Crippen LogP) is 10.2. The second-order valence-corrected chi connectivity index (χ2v) is 19.2. The first-order valence-electron chi connectivity index (χ1n) is 22.4. The minimum atomic E-state index is -0.924. The maximum atomic E-state index is 12.7. The molecular weight excluding hydrogens is 856 g/mol. The van der Waals surface area contributed by atoms with Gasteiger partial charge in [0.05, 0.1) is 53.5 Å². The molecule has 7 aromatic rings. The average molecular weight is 914 g/mol. The third-order valence-electron chi connectivity index (χ3n) is 11.6. The van der Waals surface area contributed by atoms with Crippen LogP contribution in [0, 0.1) is 25.7 Å². The summed E-state index contributed by atoms with van der Waals surface area (Å²) in [5.74, 6) is 3.25. The summed E-state index contributed by atoms with van der Waals surface area (Å²) in [6.07, 6.45) is 9.41. The maximum Gasteiger partial charge on any atom is 0.239 e. The number of aliphatic hydroxyl groups is 2. The molecule has 344 valence electrons. The number of aromatic nitrogens is 6. The van der Waals surface area contributed by atoms with Crippen LogP contribution in [0.3, 0.4) is 0 Å². The first-order valence-corrected chi connectivity index (χ1v) is 22.7. The summed E-state index contributed by atoms with van der Waals surface area (Å²) in [4.78, 5) is 34.3. The number of rotatable bonds is 17. The lowest BCUT2D eigenvalue weighted by Crippen LogP contribution is -2.29. The van der Waals surface area contributed by atoms with Gasteiger partial charge in [-0.3, -0.25) is 9.59 Å². The molecule has 0 bridgehead atoms. The molecule has 2 aliphatic carbocycles. The van der Waals surface area contributed by atoms with Crippen LogP contribution >= 0.6 is 11.6 Å². The van der Waals surface area contributed by atoms with Crippen LogP contribution in [0.2, 0.25) is 5.15 Å². The van der Waals surface area contributed by atoms with Gasteiger partial charge in [0.1, 0.15) is 11.5 Å². The largest absolute Gasteiger partial charge is 0.497 e. The summed E-state index contributed by atoms with van der Waals surface area (Å²) in [5, 5.41) is 36.2. The molecule has 14 nitrogen and oxygen atoms in total. The highest BCUT2D eigenvalue weighted by atomic mass is 35.5. The Hall–Kier alpha value is -6.35. The van der Waals surface area contributed by atoms with Gasteiger partial charge >= 0.3 is 0 Å². The Labute approximate surface area is 389 Å². The van der Waals surface area contributed by atoms with Crippen LogP contribution in [-0.4, -0.2) is 82.4 Å². The normalized spacial score (nSPS) is 13.9. The van der Waals surface area contributed by atoms with E-state index in [4.69, 9.17) is 26.2 Å². The standard InChI is InChI=1S/C29H32N4O4.C22H25ClN4O2/c1-18-13-20(7-12-23(18)26(34)14-19-5-6-19)25-16-30-28-24(31-17-29(2,3)35)15-27(32-33(25)28)37-22-10-8-21(36-4)9-11-22;1-13-8-15(6-7-16(13)19(28)9-14-4-5-14)18-11-24-21-17(25-12-22(2,3)29)10-20(23)26-27(18)21/h7-13,15-16,19,31,35H,5-6,14,17H2,1-4H3;6-8,10-11,14,25,29H,4-5,9,12H2,1-3H3. The molecule has 0 atom stereocenters. The number of nitrogens with one attached hydrogen (secondary N) is 2. The summed E-state index contributed by atoms with van der Waals surface area (Å²) in [5.41, 5.74) is 7.63. The molecule has 15 heteroatoms. The molecule has 0 unspecified atom stereocenters. The summed E-state index contributed by atoms with van der Waals surface area (Å²) < 4.78 is 14.7. The monoisotopic (exact) mass is 912 g/mol. The molecule has 4 N–H and O–H groups in total. The van der Waals surface area contributed by atoms with E-state index in [1.807, 2.05) is 74.5 Å². The topological polar surface area (TPSA) is 177 Å². The van der Waals surface area contributed by atoms with Gasteiger partial charge in [0.15, 0.2) is 28.0 Å². The molecule has 2 aliphatic rings. The number of aryl methyl sites for hydroxylation is 2. The molecule has 4 aromatic heterocycles. The number of Topliss-reactive ketones (excluding diaryl/α,β-unsaturated/α-hetero) is 2. The second kappa shape index (κ2) is 18.9. The number of carbonyl (C=O) groups excluding carboxylic acids is 2. The second-order valence-electron chi connectivity index (χ2n) is 18.8. The van der Waals surface area contributed by atoms with E-state index in [2.05, 4.69) is 25.7 Å². The lowest BCUT2D eigenvalue weighted by molar-refractivity contribution is 0.0939. The molecule has 2 fully saturated rings. The number of anilines is 2. The molecule has 0 amide bonds. The zero-order valence-corrected chi connectivity index (χ0v) is 39.2. The SMILES string of the molecule is COc1ccc(Oc2cc(NCC(C)(C)O)c3ncc(-c4ccc(C(=O)CC5CC5)c(C)c4)n3n2)cc1.Cc1cc(-c2cnc3c(NCC(C)(C)O)cc(Cl)nn23)ccc1C(=O)CC1CC1. The van der Waals surface area contributed by atoms with Crippen LogP contribution in [0.25, 0.3) is 33.8 Å². The Morgan fingerprint density at radius 3 is 1.58 bits per heavy atom. The molecule has 2 saturated carbocycles. The Kier molecular flexibility index (Phi) is 13.2. The van der Waals surface area contributed by atoms with Crippen molar-refractivity contribution in [3.8, 4) is 39.9 Å². The fraction of sp³-hybridized carbons (Fsp3) is 0.373. The number of ketones is 2. The zero-order chi connectivity index (χ0) is 46.9. The van der Waals surface area contributed by atoms with Crippen LogP contribution in [0.5, 0.6) is 17.4 Å². The first kappa shape index (κ1) is 46.2. The Balaban J connectivity index is 0.000000185. The molecule has 0 radical (unpaired) electrons. The molecule has 0 saturated heterocycles. The number of carbonyl (C=O) groups is 2. The van der Waals surface area contributed by atoms with Crippen LogP contribution in [0.4, 0.5) is 11.4 Å². The van der Waals surface area contributed by atoms with Gasteiger partial charge in [-0.2, -0.15) is 5.10 Å². The Morgan fingerprint density at radius 2 is 1.14 bits per heavy atom. The van der Waals surface area contributed by atoms with Gasteiger partial charge in [0, 0.05) is 60.3 Å². The number of nitrogens with zero attached hydrogens (tertiary/aromatic N) is 6. The number of methoxy groups -OCH3 is 1. The van der Waals surface area contributed by atoms with E-state index in [0.29, 0.717) is 77.2 Å². The number of ether oxygens (including phenoxy) is 2. The van der Waals surface area contributed by atoms with Crippen molar-refractivity contribution < 1.29 is 29.3 Å². The number of benzene rings is 3.